The standard InChI is InChI=1S/C29H32Cl2N2O5/c1-4-12-32-29(35)27(14-20-8-6-5-7-9-20)33(18-21-10-11-25(30)26(31)13-21)28(34)19-38-24-16-22(36-2)15-23(17-24)37-3/h5-11,13,15-17,27H,4,12,14,18-19H2,1-3H3,(H,32,35). The summed E-state index contributed by atoms with van der Waals surface area (Å²) in [6.07, 6.45) is 1.10. The van der Waals surface area contributed by atoms with Gasteiger partial charge in [-0.1, -0.05) is 66.5 Å². The average Bonchev–Trinajstić information content (AvgIpc) is 2.94. The lowest BCUT2D eigenvalue weighted by atomic mass is 10.0. The zero-order valence-electron chi connectivity index (χ0n) is 21.7. The zero-order valence-corrected chi connectivity index (χ0v) is 23.2. The lowest BCUT2D eigenvalue weighted by molar-refractivity contribution is -0.142. The van der Waals surface area contributed by atoms with E-state index in [1.54, 1.807) is 36.4 Å². The molecule has 0 spiro atoms. The lowest BCUT2D eigenvalue weighted by Gasteiger charge is -2.31. The predicted octanol–water partition coefficient (Wildman–Crippen LogP) is 5.56. The highest BCUT2D eigenvalue weighted by molar-refractivity contribution is 6.42. The minimum absolute atomic E-state index is 0.136. The van der Waals surface area contributed by atoms with Crippen LogP contribution in [-0.4, -0.2) is 50.1 Å². The Kier molecular flexibility index (Phi) is 11.1. The van der Waals surface area contributed by atoms with E-state index >= 15 is 0 Å². The van der Waals surface area contributed by atoms with Crippen LogP contribution in [0.4, 0.5) is 0 Å². The van der Waals surface area contributed by atoms with Crippen molar-refractivity contribution in [1.82, 2.24) is 10.2 Å². The molecule has 0 saturated carbocycles. The van der Waals surface area contributed by atoms with E-state index in [9.17, 15) is 9.59 Å². The van der Waals surface area contributed by atoms with E-state index in [0.29, 0.717) is 40.3 Å². The molecule has 3 aromatic rings. The van der Waals surface area contributed by atoms with E-state index in [1.807, 2.05) is 37.3 Å². The lowest BCUT2D eigenvalue weighted by Crippen LogP contribution is -2.51. The van der Waals surface area contributed by atoms with Crippen molar-refractivity contribution in [2.75, 3.05) is 27.4 Å². The number of nitrogens with zero attached hydrogens (tertiary/aromatic N) is 1. The minimum Gasteiger partial charge on any atom is -0.496 e. The van der Waals surface area contributed by atoms with Gasteiger partial charge in [-0.25, -0.2) is 0 Å². The molecule has 1 N–H and O–H groups in total. The summed E-state index contributed by atoms with van der Waals surface area (Å²) in [6, 6.07) is 19.0. The third kappa shape index (κ3) is 8.30. The van der Waals surface area contributed by atoms with Crippen molar-refractivity contribution in [3.8, 4) is 17.2 Å². The van der Waals surface area contributed by atoms with Gasteiger partial charge in [0, 0.05) is 37.7 Å². The summed E-state index contributed by atoms with van der Waals surface area (Å²) in [5.74, 6) is 0.845. The Morgan fingerprint density at radius 3 is 2.13 bits per heavy atom. The van der Waals surface area contributed by atoms with Gasteiger partial charge in [-0.2, -0.15) is 0 Å². The molecule has 0 aliphatic carbocycles. The summed E-state index contributed by atoms with van der Waals surface area (Å²) < 4.78 is 16.4. The number of nitrogens with one attached hydrogen (secondary N) is 1. The molecule has 0 heterocycles. The molecule has 1 unspecified atom stereocenters. The van der Waals surface area contributed by atoms with Gasteiger partial charge < -0.3 is 24.4 Å². The molecular weight excluding hydrogens is 527 g/mol. The van der Waals surface area contributed by atoms with Crippen molar-refractivity contribution < 1.29 is 23.8 Å². The molecule has 1 atom stereocenters. The van der Waals surface area contributed by atoms with Crippen LogP contribution in [0.1, 0.15) is 24.5 Å². The highest BCUT2D eigenvalue weighted by Gasteiger charge is 2.30. The number of carbonyl (C=O) groups is 2. The highest BCUT2D eigenvalue weighted by Crippen LogP contribution is 2.28. The molecule has 0 aromatic heterocycles. The van der Waals surface area contributed by atoms with Crippen molar-refractivity contribution >= 4 is 35.0 Å². The molecule has 9 heteroatoms. The van der Waals surface area contributed by atoms with Gasteiger partial charge in [0.1, 0.15) is 23.3 Å². The molecule has 3 rings (SSSR count). The van der Waals surface area contributed by atoms with Crippen LogP contribution in [0.25, 0.3) is 0 Å². The Hall–Kier alpha value is -3.42. The molecule has 7 nitrogen and oxygen atoms in total. The Morgan fingerprint density at radius 1 is 0.868 bits per heavy atom. The maximum atomic E-state index is 13.7. The Morgan fingerprint density at radius 2 is 1.53 bits per heavy atom. The van der Waals surface area contributed by atoms with E-state index in [1.165, 1.54) is 19.1 Å². The number of halogens is 2. The van der Waals surface area contributed by atoms with Crippen molar-refractivity contribution in [3.05, 3.63) is 87.9 Å². The van der Waals surface area contributed by atoms with Crippen molar-refractivity contribution in [2.45, 2.75) is 32.4 Å². The van der Waals surface area contributed by atoms with Crippen LogP contribution in [0.2, 0.25) is 10.0 Å². The summed E-state index contributed by atoms with van der Waals surface area (Å²) in [6.45, 7) is 2.31. The summed E-state index contributed by atoms with van der Waals surface area (Å²) in [7, 11) is 3.07. The Balaban J connectivity index is 1.93. The second-order valence-corrected chi connectivity index (χ2v) is 9.42. The largest absolute Gasteiger partial charge is 0.496 e. The molecule has 38 heavy (non-hydrogen) atoms. The minimum atomic E-state index is -0.783. The van der Waals surface area contributed by atoms with Gasteiger partial charge in [0.25, 0.3) is 5.91 Å². The normalized spacial score (nSPS) is 11.4. The van der Waals surface area contributed by atoms with E-state index in [0.717, 1.165) is 17.5 Å². The first kappa shape index (κ1) is 29.1. The van der Waals surface area contributed by atoms with Crippen LogP contribution in [0, 0.1) is 0 Å². The summed E-state index contributed by atoms with van der Waals surface area (Å²) in [5, 5.41) is 3.72. The second-order valence-electron chi connectivity index (χ2n) is 8.60. The summed E-state index contributed by atoms with van der Waals surface area (Å²) >= 11 is 12.4. The fourth-order valence-corrected chi connectivity index (χ4v) is 4.17. The monoisotopic (exact) mass is 558 g/mol. The number of rotatable bonds is 13. The maximum Gasteiger partial charge on any atom is 0.261 e. The smallest absolute Gasteiger partial charge is 0.261 e. The number of benzene rings is 3. The maximum absolute atomic E-state index is 13.7. The SMILES string of the molecule is CCCNC(=O)C(Cc1ccccc1)N(Cc1ccc(Cl)c(Cl)c1)C(=O)COc1cc(OC)cc(OC)c1. The molecule has 0 aliphatic rings. The van der Waals surface area contributed by atoms with Crippen LogP contribution in [0.15, 0.2) is 66.7 Å². The second kappa shape index (κ2) is 14.5. The van der Waals surface area contributed by atoms with E-state index in [4.69, 9.17) is 37.4 Å². The highest BCUT2D eigenvalue weighted by atomic mass is 35.5. The summed E-state index contributed by atoms with van der Waals surface area (Å²) in [4.78, 5) is 28.6. The molecule has 0 radical (unpaired) electrons. The van der Waals surface area contributed by atoms with E-state index in [2.05, 4.69) is 5.32 Å². The number of carbonyl (C=O) groups excluding carboxylic acids is 2. The topological polar surface area (TPSA) is 77.1 Å². The van der Waals surface area contributed by atoms with Gasteiger partial charge in [-0.15, -0.1) is 0 Å². The molecule has 0 bridgehead atoms. The zero-order chi connectivity index (χ0) is 27.5. The summed E-state index contributed by atoms with van der Waals surface area (Å²) in [5.41, 5.74) is 1.66. The number of hydrogen-bond donors (Lipinski definition) is 1. The van der Waals surface area contributed by atoms with Gasteiger partial charge >= 0.3 is 0 Å². The van der Waals surface area contributed by atoms with Crippen LogP contribution >= 0.6 is 23.2 Å². The first-order valence-electron chi connectivity index (χ1n) is 12.3. The molecule has 0 aliphatic heterocycles. The van der Waals surface area contributed by atoms with Crippen LogP contribution in [0.5, 0.6) is 17.2 Å². The van der Waals surface area contributed by atoms with Crippen molar-refractivity contribution in [2.24, 2.45) is 0 Å². The fourth-order valence-electron chi connectivity index (χ4n) is 3.85. The molecule has 2 amide bonds. The number of ether oxygens (including phenoxy) is 3. The van der Waals surface area contributed by atoms with Gasteiger partial charge in [0.2, 0.25) is 5.91 Å². The molecule has 3 aromatic carbocycles. The van der Waals surface area contributed by atoms with Gasteiger partial charge in [-0.3, -0.25) is 9.59 Å². The fraction of sp³-hybridized carbons (Fsp3) is 0.310. The van der Waals surface area contributed by atoms with Gasteiger partial charge in [-0.05, 0) is 29.7 Å². The molecular formula is C29H32Cl2N2O5. The third-order valence-corrected chi connectivity index (χ3v) is 6.58. The predicted molar refractivity (Wildman–Crippen MR) is 149 cm³/mol. The van der Waals surface area contributed by atoms with Crippen molar-refractivity contribution in [3.63, 3.8) is 0 Å². The number of methoxy groups -OCH3 is 2. The quantitative estimate of drug-likeness (QED) is 0.297. The average molecular weight is 559 g/mol. The van der Waals surface area contributed by atoms with Crippen LogP contribution in [0.3, 0.4) is 0 Å². The molecule has 202 valence electrons. The van der Waals surface area contributed by atoms with Crippen LogP contribution in [-0.2, 0) is 22.6 Å². The van der Waals surface area contributed by atoms with Crippen molar-refractivity contribution in [1.29, 1.82) is 0 Å². The third-order valence-electron chi connectivity index (χ3n) is 5.84. The van der Waals surface area contributed by atoms with Gasteiger partial charge in [0.15, 0.2) is 6.61 Å². The first-order chi connectivity index (χ1) is 18.3. The van der Waals surface area contributed by atoms with E-state index < -0.39 is 6.04 Å². The Bertz CT molecular complexity index is 1200. The van der Waals surface area contributed by atoms with Crippen LogP contribution < -0.4 is 19.5 Å². The molecule has 0 saturated heterocycles. The number of amides is 2. The first-order valence-corrected chi connectivity index (χ1v) is 13.0. The van der Waals surface area contributed by atoms with E-state index in [-0.39, 0.29) is 25.0 Å². The van der Waals surface area contributed by atoms with Gasteiger partial charge in [0.05, 0.1) is 24.3 Å². The Labute approximate surface area is 233 Å². The number of hydrogen-bond acceptors (Lipinski definition) is 5. The molecule has 0 fully saturated rings.